The molecule has 2 heterocycles. The van der Waals surface area contributed by atoms with Crippen molar-refractivity contribution in [2.45, 2.75) is 0 Å². The van der Waals surface area contributed by atoms with Gasteiger partial charge in [0.25, 0.3) is 5.56 Å². The summed E-state index contributed by atoms with van der Waals surface area (Å²) < 4.78 is 12.0. The van der Waals surface area contributed by atoms with E-state index in [2.05, 4.69) is 26.3 Å². The Hall–Kier alpha value is -2.74. The number of para-hydroxylation sites is 2. The first kappa shape index (κ1) is 19.0. The Kier molecular flexibility index (Phi) is 6.18. The molecule has 0 saturated carbocycles. The summed E-state index contributed by atoms with van der Waals surface area (Å²) in [4.78, 5) is 17.0. The topological polar surface area (TPSA) is 71.9 Å². The predicted octanol–water partition coefficient (Wildman–Crippen LogP) is 1.03. The maximum Gasteiger partial charge on any atom is 0.293 e. The van der Waals surface area contributed by atoms with E-state index in [4.69, 9.17) is 9.47 Å². The van der Waals surface area contributed by atoms with E-state index in [9.17, 15) is 4.79 Å². The number of rotatable bonds is 7. The Labute approximate surface area is 159 Å². The van der Waals surface area contributed by atoms with Gasteiger partial charge >= 0.3 is 0 Å². The predicted molar refractivity (Wildman–Crippen MR) is 106 cm³/mol. The van der Waals surface area contributed by atoms with Gasteiger partial charge in [0.2, 0.25) is 0 Å². The summed E-state index contributed by atoms with van der Waals surface area (Å²) in [5.41, 5.74) is 1.42. The molecule has 27 heavy (non-hydrogen) atoms. The normalized spacial score (nSPS) is 14.9. The van der Waals surface area contributed by atoms with Crippen LogP contribution in [0.25, 0.3) is 0 Å². The minimum atomic E-state index is -0.185. The smallest absolute Gasteiger partial charge is 0.293 e. The molecule has 1 aliphatic heterocycles. The Morgan fingerprint density at radius 2 is 1.78 bits per heavy atom. The van der Waals surface area contributed by atoms with E-state index in [-0.39, 0.29) is 5.56 Å². The molecule has 0 aliphatic carbocycles. The largest absolute Gasteiger partial charge is 0.495 e. The van der Waals surface area contributed by atoms with Gasteiger partial charge in [-0.15, -0.1) is 0 Å². The Bertz CT molecular complexity index is 815. The van der Waals surface area contributed by atoms with Crippen molar-refractivity contribution in [3.63, 3.8) is 0 Å². The molecule has 1 aromatic carbocycles. The van der Waals surface area contributed by atoms with Crippen LogP contribution in [0.5, 0.6) is 11.5 Å². The molecule has 0 unspecified atom stereocenters. The summed E-state index contributed by atoms with van der Waals surface area (Å²) in [5, 5.41) is 7.18. The van der Waals surface area contributed by atoms with E-state index in [1.165, 1.54) is 4.68 Å². The maximum atomic E-state index is 12.2. The summed E-state index contributed by atoms with van der Waals surface area (Å²) in [6.45, 7) is 5.34. The number of nitrogens with zero attached hydrogens (tertiary/aromatic N) is 4. The monoisotopic (exact) mass is 373 g/mol. The van der Waals surface area contributed by atoms with Crippen molar-refractivity contribution in [1.29, 1.82) is 0 Å². The van der Waals surface area contributed by atoms with E-state index >= 15 is 0 Å². The first-order valence-electron chi connectivity index (χ1n) is 9.08. The van der Waals surface area contributed by atoms with Gasteiger partial charge in [0, 0.05) is 46.3 Å². The molecular formula is C19H27N5O3. The zero-order valence-corrected chi connectivity index (χ0v) is 16.1. The fourth-order valence-corrected chi connectivity index (χ4v) is 3.28. The quantitative estimate of drug-likeness (QED) is 0.777. The fraction of sp³-hybridized carbons (Fsp3) is 0.474. The van der Waals surface area contributed by atoms with Crippen molar-refractivity contribution < 1.29 is 9.47 Å². The van der Waals surface area contributed by atoms with E-state index in [1.807, 2.05) is 18.2 Å². The van der Waals surface area contributed by atoms with Crippen LogP contribution >= 0.6 is 0 Å². The molecule has 2 aromatic rings. The minimum absolute atomic E-state index is 0.185. The summed E-state index contributed by atoms with van der Waals surface area (Å²) >= 11 is 0. The van der Waals surface area contributed by atoms with Gasteiger partial charge < -0.3 is 19.7 Å². The standard InChI is InChI=1S/C19H27N5O3/c1-22-19(25)18(17(27-3)14-21-22)20-8-9-23-10-12-24(13-11-23)15-6-4-5-7-16(15)26-2/h4-7,14,20H,8-13H2,1-3H3. The minimum Gasteiger partial charge on any atom is -0.495 e. The van der Waals surface area contributed by atoms with Gasteiger partial charge in [-0.05, 0) is 12.1 Å². The second-order valence-corrected chi connectivity index (χ2v) is 6.44. The summed E-state index contributed by atoms with van der Waals surface area (Å²) in [5.74, 6) is 1.38. The molecular weight excluding hydrogens is 346 g/mol. The van der Waals surface area contributed by atoms with Crippen LogP contribution in [-0.4, -0.2) is 68.2 Å². The molecule has 146 valence electrons. The molecule has 1 fully saturated rings. The third-order valence-corrected chi connectivity index (χ3v) is 4.85. The highest BCUT2D eigenvalue weighted by Crippen LogP contribution is 2.28. The number of methoxy groups -OCH3 is 2. The van der Waals surface area contributed by atoms with Crippen LogP contribution in [0, 0.1) is 0 Å². The van der Waals surface area contributed by atoms with Crippen molar-refractivity contribution in [2.24, 2.45) is 7.05 Å². The molecule has 3 rings (SSSR count). The number of hydrogen-bond donors (Lipinski definition) is 1. The molecule has 0 bridgehead atoms. The van der Waals surface area contributed by atoms with Gasteiger partial charge in [-0.3, -0.25) is 9.69 Å². The van der Waals surface area contributed by atoms with Crippen LogP contribution in [0.1, 0.15) is 0 Å². The third-order valence-electron chi connectivity index (χ3n) is 4.85. The number of benzene rings is 1. The van der Waals surface area contributed by atoms with E-state index in [1.54, 1.807) is 27.5 Å². The second-order valence-electron chi connectivity index (χ2n) is 6.44. The molecule has 0 atom stereocenters. The molecule has 0 radical (unpaired) electrons. The molecule has 1 aliphatic rings. The van der Waals surface area contributed by atoms with Crippen molar-refractivity contribution in [3.05, 3.63) is 40.8 Å². The second kappa shape index (κ2) is 8.77. The zero-order chi connectivity index (χ0) is 19.2. The summed E-state index contributed by atoms with van der Waals surface area (Å²) in [7, 11) is 4.88. The van der Waals surface area contributed by atoms with Crippen molar-refractivity contribution in [1.82, 2.24) is 14.7 Å². The van der Waals surface area contributed by atoms with Gasteiger partial charge in [-0.2, -0.15) is 5.10 Å². The highest BCUT2D eigenvalue weighted by atomic mass is 16.5. The van der Waals surface area contributed by atoms with Gasteiger partial charge in [0.05, 0.1) is 26.1 Å². The summed E-state index contributed by atoms with van der Waals surface area (Å²) in [6, 6.07) is 8.12. The van der Waals surface area contributed by atoms with Crippen molar-refractivity contribution >= 4 is 11.4 Å². The average molecular weight is 373 g/mol. The van der Waals surface area contributed by atoms with Crippen LogP contribution in [0.3, 0.4) is 0 Å². The molecule has 1 aromatic heterocycles. The lowest BCUT2D eigenvalue weighted by Gasteiger charge is -2.36. The van der Waals surface area contributed by atoms with Crippen LogP contribution in [0.2, 0.25) is 0 Å². The number of hydrogen-bond acceptors (Lipinski definition) is 7. The molecule has 0 amide bonds. The Morgan fingerprint density at radius 1 is 1.07 bits per heavy atom. The number of aryl methyl sites for hydroxylation is 1. The van der Waals surface area contributed by atoms with Gasteiger partial charge in [-0.1, -0.05) is 12.1 Å². The van der Waals surface area contributed by atoms with Crippen molar-refractivity contribution in [2.75, 3.05) is 63.7 Å². The number of piperazine rings is 1. The van der Waals surface area contributed by atoms with Gasteiger partial charge in [-0.25, -0.2) is 4.68 Å². The number of anilines is 2. The summed E-state index contributed by atoms with van der Waals surface area (Å²) in [6.07, 6.45) is 1.55. The lowest BCUT2D eigenvalue weighted by Crippen LogP contribution is -2.47. The van der Waals surface area contributed by atoms with E-state index in [0.717, 1.165) is 44.2 Å². The SMILES string of the molecule is COc1ccccc1N1CCN(CCNc2c(OC)cnn(C)c2=O)CC1. The molecule has 8 nitrogen and oxygen atoms in total. The van der Waals surface area contributed by atoms with Crippen LogP contribution < -0.4 is 25.2 Å². The third kappa shape index (κ3) is 4.33. The fourth-order valence-electron chi connectivity index (χ4n) is 3.28. The number of aromatic nitrogens is 2. The maximum absolute atomic E-state index is 12.2. The van der Waals surface area contributed by atoms with Gasteiger partial charge in [0.1, 0.15) is 11.4 Å². The molecule has 0 spiro atoms. The van der Waals surface area contributed by atoms with Gasteiger partial charge in [0.15, 0.2) is 5.75 Å². The molecule has 1 N–H and O–H groups in total. The van der Waals surface area contributed by atoms with E-state index < -0.39 is 0 Å². The van der Waals surface area contributed by atoms with Crippen LogP contribution in [0.4, 0.5) is 11.4 Å². The first-order valence-corrected chi connectivity index (χ1v) is 9.08. The number of ether oxygens (including phenoxy) is 2. The molecule has 8 heteroatoms. The lowest BCUT2D eigenvalue weighted by atomic mass is 10.2. The van der Waals surface area contributed by atoms with Crippen LogP contribution in [0.15, 0.2) is 35.3 Å². The molecule has 1 saturated heterocycles. The highest BCUT2D eigenvalue weighted by Gasteiger charge is 2.19. The Morgan fingerprint density at radius 3 is 2.48 bits per heavy atom. The lowest BCUT2D eigenvalue weighted by molar-refractivity contribution is 0.266. The highest BCUT2D eigenvalue weighted by molar-refractivity contribution is 5.58. The van der Waals surface area contributed by atoms with Crippen LogP contribution in [-0.2, 0) is 7.05 Å². The van der Waals surface area contributed by atoms with Crippen molar-refractivity contribution in [3.8, 4) is 11.5 Å². The number of nitrogens with one attached hydrogen (secondary N) is 1. The first-order chi connectivity index (χ1) is 13.1. The average Bonchev–Trinajstić information content (AvgIpc) is 2.71. The zero-order valence-electron chi connectivity index (χ0n) is 16.1. The van der Waals surface area contributed by atoms with E-state index in [0.29, 0.717) is 18.0 Å². The Balaban J connectivity index is 1.52.